The largest absolute Gasteiger partial charge is 0.494 e. The van der Waals surface area contributed by atoms with E-state index in [2.05, 4.69) is 0 Å². The summed E-state index contributed by atoms with van der Waals surface area (Å²) in [6.07, 6.45) is 2.74. The fraction of sp³-hybridized carbons (Fsp3) is 0.500. The molecule has 0 aromatic heterocycles. The van der Waals surface area contributed by atoms with Gasteiger partial charge < -0.3 is 15.4 Å². The second kappa shape index (κ2) is 5.76. The number of carbonyl (C=O) groups is 1. The van der Waals surface area contributed by atoms with Gasteiger partial charge in [0, 0.05) is 30.8 Å². The van der Waals surface area contributed by atoms with Crippen LogP contribution in [-0.4, -0.2) is 24.0 Å². The van der Waals surface area contributed by atoms with Crippen molar-refractivity contribution in [3.05, 3.63) is 23.8 Å². The Morgan fingerprint density at radius 1 is 1.39 bits per heavy atom. The summed E-state index contributed by atoms with van der Waals surface area (Å²) in [6.45, 7) is 4.00. The number of nitrogens with zero attached hydrogens (tertiary/aromatic N) is 1. The van der Waals surface area contributed by atoms with Gasteiger partial charge in [-0.1, -0.05) is 0 Å². The first-order valence-electron chi connectivity index (χ1n) is 6.49. The van der Waals surface area contributed by atoms with Gasteiger partial charge in [-0.25, -0.2) is 0 Å². The number of ether oxygens (including phenoxy) is 1. The third-order valence-electron chi connectivity index (χ3n) is 3.17. The third-order valence-corrected chi connectivity index (χ3v) is 3.17. The van der Waals surface area contributed by atoms with E-state index in [0.29, 0.717) is 25.3 Å². The molecule has 0 radical (unpaired) electrons. The molecule has 0 atom stereocenters. The highest BCUT2D eigenvalue weighted by Crippen LogP contribution is 2.24. The van der Waals surface area contributed by atoms with E-state index in [1.807, 2.05) is 30.0 Å². The van der Waals surface area contributed by atoms with Crippen molar-refractivity contribution >= 4 is 11.6 Å². The molecule has 2 N–H and O–H groups in total. The summed E-state index contributed by atoms with van der Waals surface area (Å²) in [5.74, 6) is 1.05. The summed E-state index contributed by atoms with van der Waals surface area (Å²) >= 11 is 0. The van der Waals surface area contributed by atoms with Gasteiger partial charge in [-0.15, -0.1) is 0 Å². The number of amides is 1. The van der Waals surface area contributed by atoms with Gasteiger partial charge in [-0.05, 0) is 38.0 Å². The van der Waals surface area contributed by atoms with Crippen LogP contribution in [0.1, 0.15) is 31.7 Å². The average molecular weight is 248 g/mol. The topological polar surface area (TPSA) is 55.6 Å². The zero-order chi connectivity index (χ0) is 13.0. The molecule has 1 aliphatic rings. The summed E-state index contributed by atoms with van der Waals surface area (Å²) in [5.41, 5.74) is 7.50. The lowest BCUT2D eigenvalue weighted by Crippen LogP contribution is -2.34. The van der Waals surface area contributed by atoms with Crippen molar-refractivity contribution in [2.75, 3.05) is 18.9 Å². The molecule has 1 saturated heterocycles. The van der Waals surface area contributed by atoms with Crippen molar-refractivity contribution in [3.8, 4) is 5.75 Å². The number of benzene rings is 1. The van der Waals surface area contributed by atoms with E-state index in [4.69, 9.17) is 10.5 Å². The van der Waals surface area contributed by atoms with Gasteiger partial charge in [0.05, 0.1) is 6.61 Å². The highest BCUT2D eigenvalue weighted by Gasteiger charge is 2.19. The molecule has 1 fully saturated rings. The zero-order valence-electron chi connectivity index (χ0n) is 10.8. The van der Waals surface area contributed by atoms with Crippen molar-refractivity contribution in [1.82, 2.24) is 4.90 Å². The smallest absolute Gasteiger partial charge is 0.222 e. The maximum atomic E-state index is 11.8. The van der Waals surface area contributed by atoms with Crippen molar-refractivity contribution in [2.45, 2.75) is 32.7 Å². The number of hydrogen-bond acceptors (Lipinski definition) is 3. The van der Waals surface area contributed by atoms with Crippen molar-refractivity contribution in [2.24, 2.45) is 0 Å². The van der Waals surface area contributed by atoms with E-state index in [1.165, 1.54) is 0 Å². The summed E-state index contributed by atoms with van der Waals surface area (Å²) in [7, 11) is 0. The molecule has 0 unspecified atom stereocenters. The number of anilines is 1. The summed E-state index contributed by atoms with van der Waals surface area (Å²) < 4.78 is 5.58. The van der Waals surface area contributed by atoms with Crippen LogP contribution in [0.5, 0.6) is 5.75 Å². The fourth-order valence-electron chi connectivity index (χ4n) is 2.25. The number of piperidine rings is 1. The Kier molecular flexibility index (Phi) is 4.07. The van der Waals surface area contributed by atoms with Crippen LogP contribution in [0, 0.1) is 0 Å². The van der Waals surface area contributed by atoms with Gasteiger partial charge in [0.1, 0.15) is 5.75 Å². The van der Waals surface area contributed by atoms with Crippen LogP contribution in [0.15, 0.2) is 18.2 Å². The van der Waals surface area contributed by atoms with E-state index in [0.717, 1.165) is 30.7 Å². The van der Waals surface area contributed by atoms with Gasteiger partial charge in [0.2, 0.25) is 5.91 Å². The van der Waals surface area contributed by atoms with E-state index in [-0.39, 0.29) is 5.91 Å². The van der Waals surface area contributed by atoms with Gasteiger partial charge >= 0.3 is 0 Å². The van der Waals surface area contributed by atoms with Crippen LogP contribution < -0.4 is 10.5 Å². The zero-order valence-corrected chi connectivity index (χ0v) is 10.8. The Morgan fingerprint density at radius 2 is 2.22 bits per heavy atom. The molecule has 1 aromatic carbocycles. The number of hydrogen-bond donors (Lipinski definition) is 1. The standard InChI is InChI=1S/C14H20N2O2/c1-2-18-13-7-6-12(15)9-11(13)10-16-8-4-3-5-14(16)17/h6-7,9H,2-5,8,10,15H2,1H3. The Morgan fingerprint density at radius 3 is 2.94 bits per heavy atom. The minimum atomic E-state index is 0.228. The van der Waals surface area contributed by atoms with E-state index >= 15 is 0 Å². The molecular weight excluding hydrogens is 228 g/mol. The van der Waals surface area contributed by atoms with E-state index < -0.39 is 0 Å². The predicted octanol–water partition coefficient (Wildman–Crippen LogP) is 2.18. The SMILES string of the molecule is CCOc1ccc(N)cc1CN1CCCCC1=O. The highest BCUT2D eigenvalue weighted by molar-refractivity contribution is 5.77. The normalized spacial score (nSPS) is 15.8. The molecule has 1 heterocycles. The second-order valence-corrected chi connectivity index (χ2v) is 4.57. The summed E-state index contributed by atoms with van der Waals surface area (Å²) in [4.78, 5) is 13.7. The minimum absolute atomic E-state index is 0.228. The van der Waals surface area contributed by atoms with Gasteiger partial charge in [-0.3, -0.25) is 4.79 Å². The van der Waals surface area contributed by atoms with Gasteiger partial charge in [0.25, 0.3) is 0 Å². The number of rotatable bonds is 4. The van der Waals surface area contributed by atoms with Crippen LogP contribution in [0.2, 0.25) is 0 Å². The fourth-order valence-corrected chi connectivity index (χ4v) is 2.25. The van der Waals surface area contributed by atoms with E-state index in [1.54, 1.807) is 0 Å². The molecule has 4 nitrogen and oxygen atoms in total. The number of nitrogens with two attached hydrogens (primary N) is 1. The Balaban J connectivity index is 2.15. The van der Waals surface area contributed by atoms with Gasteiger partial charge in [-0.2, -0.15) is 0 Å². The van der Waals surface area contributed by atoms with Crippen molar-refractivity contribution < 1.29 is 9.53 Å². The molecule has 1 amide bonds. The van der Waals surface area contributed by atoms with Crippen LogP contribution in [0.25, 0.3) is 0 Å². The molecule has 0 bridgehead atoms. The Bertz CT molecular complexity index is 432. The minimum Gasteiger partial charge on any atom is -0.494 e. The first-order valence-corrected chi connectivity index (χ1v) is 6.49. The lowest BCUT2D eigenvalue weighted by molar-refractivity contribution is -0.133. The Labute approximate surface area is 108 Å². The lowest BCUT2D eigenvalue weighted by Gasteiger charge is -2.27. The first-order chi connectivity index (χ1) is 8.70. The van der Waals surface area contributed by atoms with Crippen LogP contribution in [0.3, 0.4) is 0 Å². The van der Waals surface area contributed by atoms with Crippen molar-refractivity contribution in [3.63, 3.8) is 0 Å². The lowest BCUT2D eigenvalue weighted by atomic mass is 10.1. The average Bonchev–Trinajstić information content (AvgIpc) is 2.36. The number of carbonyl (C=O) groups excluding carboxylic acids is 1. The van der Waals surface area contributed by atoms with Crippen LogP contribution in [-0.2, 0) is 11.3 Å². The quantitative estimate of drug-likeness (QED) is 0.831. The monoisotopic (exact) mass is 248 g/mol. The maximum Gasteiger partial charge on any atom is 0.222 e. The Hall–Kier alpha value is -1.71. The molecule has 98 valence electrons. The van der Waals surface area contributed by atoms with Crippen LogP contribution in [0.4, 0.5) is 5.69 Å². The summed E-state index contributed by atoms with van der Waals surface area (Å²) in [6, 6.07) is 5.60. The predicted molar refractivity (Wildman–Crippen MR) is 71.3 cm³/mol. The molecule has 2 rings (SSSR count). The third kappa shape index (κ3) is 2.94. The number of likely N-dealkylation sites (tertiary alicyclic amines) is 1. The molecule has 4 heteroatoms. The van der Waals surface area contributed by atoms with Crippen LogP contribution >= 0.6 is 0 Å². The first kappa shape index (κ1) is 12.7. The second-order valence-electron chi connectivity index (χ2n) is 4.57. The molecule has 0 spiro atoms. The molecule has 0 aliphatic carbocycles. The number of nitrogen functional groups attached to an aromatic ring is 1. The molecule has 1 aromatic rings. The molecule has 0 saturated carbocycles. The van der Waals surface area contributed by atoms with Gasteiger partial charge in [0.15, 0.2) is 0 Å². The maximum absolute atomic E-state index is 11.8. The molecular formula is C14H20N2O2. The summed E-state index contributed by atoms with van der Waals surface area (Å²) in [5, 5.41) is 0. The van der Waals surface area contributed by atoms with E-state index in [9.17, 15) is 4.79 Å². The van der Waals surface area contributed by atoms with Crippen molar-refractivity contribution in [1.29, 1.82) is 0 Å². The molecule has 18 heavy (non-hydrogen) atoms. The highest BCUT2D eigenvalue weighted by atomic mass is 16.5. The molecule has 1 aliphatic heterocycles.